The van der Waals surface area contributed by atoms with Crippen molar-refractivity contribution in [3.63, 3.8) is 0 Å². The van der Waals surface area contributed by atoms with Crippen LogP contribution in [0.2, 0.25) is 6.04 Å². The van der Waals surface area contributed by atoms with Gasteiger partial charge in [0.15, 0.2) is 9.76 Å². The average molecular weight is 170 g/mol. The summed E-state index contributed by atoms with van der Waals surface area (Å²) in [5.41, 5.74) is 0. The molecule has 0 fully saturated rings. The maximum Gasteiger partial charge on any atom is 0.161 e. The molecule has 11 heavy (non-hydrogen) atoms. The lowest BCUT2D eigenvalue weighted by molar-refractivity contribution is 0.421. The summed E-state index contributed by atoms with van der Waals surface area (Å²) >= 11 is 0. The summed E-state index contributed by atoms with van der Waals surface area (Å²) in [6.45, 7) is 0. The predicted octanol–water partition coefficient (Wildman–Crippen LogP) is 1.88. The van der Waals surface area contributed by atoms with Gasteiger partial charge in [-0.2, -0.15) is 0 Å². The first-order valence-electron chi connectivity index (χ1n) is 4.57. The van der Waals surface area contributed by atoms with Gasteiger partial charge in [0.25, 0.3) is 0 Å². The van der Waals surface area contributed by atoms with Crippen molar-refractivity contribution in [2.75, 3.05) is 7.11 Å². The summed E-state index contributed by atoms with van der Waals surface area (Å²) in [6, 6.07) is 1.37. The third-order valence-electron chi connectivity index (χ3n) is 2.34. The molecule has 0 aromatic carbocycles. The van der Waals surface area contributed by atoms with Gasteiger partial charge in [-0.15, -0.1) is 0 Å². The zero-order valence-corrected chi connectivity index (χ0v) is 8.80. The summed E-state index contributed by atoms with van der Waals surface area (Å²) < 4.78 is 5.15. The Hall–Kier alpha value is -0.0831. The minimum absolute atomic E-state index is 0.147. The van der Waals surface area contributed by atoms with Crippen LogP contribution in [0.15, 0.2) is 12.2 Å². The molecule has 1 aliphatic rings. The van der Waals surface area contributed by atoms with Gasteiger partial charge in [0.05, 0.1) is 0 Å². The molecule has 0 amide bonds. The lowest BCUT2D eigenvalue weighted by Gasteiger charge is -2.16. The van der Waals surface area contributed by atoms with Gasteiger partial charge in [-0.3, -0.25) is 0 Å². The first kappa shape index (κ1) is 9.01. The number of rotatable bonds is 4. The van der Waals surface area contributed by atoms with Crippen molar-refractivity contribution < 1.29 is 4.43 Å². The Morgan fingerprint density at radius 2 is 2.45 bits per heavy atom. The van der Waals surface area contributed by atoms with Gasteiger partial charge < -0.3 is 4.43 Å². The highest BCUT2D eigenvalue weighted by Crippen LogP contribution is 2.22. The minimum atomic E-state index is -0.147. The molecule has 1 nitrogen and oxygen atoms in total. The van der Waals surface area contributed by atoms with Crippen LogP contribution in [0.5, 0.6) is 0 Å². The normalized spacial score (nSPS) is 25.0. The van der Waals surface area contributed by atoms with Crippen LogP contribution in [0.25, 0.3) is 0 Å². The Kier molecular flexibility index (Phi) is 4.55. The monoisotopic (exact) mass is 170 g/mol. The molecule has 0 saturated carbocycles. The van der Waals surface area contributed by atoms with Crippen molar-refractivity contribution in [2.45, 2.75) is 31.7 Å². The van der Waals surface area contributed by atoms with Crippen molar-refractivity contribution >= 4 is 9.76 Å². The van der Waals surface area contributed by atoms with E-state index in [1.807, 2.05) is 7.11 Å². The lowest BCUT2D eigenvalue weighted by atomic mass is 9.92. The molecule has 0 aromatic rings. The van der Waals surface area contributed by atoms with E-state index in [4.69, 9.17) is 4.43 Å². The van der Waals surface area contributed by atoms with E-state index in [2.05, 4.69) is 12.2 Å². The predicted molar refractivity (Wildman–Crippen MR) is 51.5 cm³/mol. The molecule has 0 heterocycles. The summed E-state index contributed by atoms with van der Waals surface area (Å²) in [6.07, 6.45) is 10.1. The van der Waals surface area contributed by atoms with Gasteiger partial charge >= 0.3 is 0 Å². The summed E-state index contributed by atoms with van der Waals surface area (Å²) in [7, 11) is 1.69. The number of hydrogen-bond acceptors (Lipinski definition) is 1. The molecule has 0 bridgehead atoms. The van der Waals surface area contributed by atoms with Gasteiger partial charge in [0, 0.05) is 7.11 Å². The quantitative estimate of drug-likeness (QED) is 0.356. The molecule has 0 saturated heterocycles. The molecule has 0 radical (unpaired) electrons. The molecule has 0 spiro atoms. The zero-order valence-electron chi connectivity index (χ0n) is 7.38. The van der Waals surface area contributed by atoms with Crippen LogP contribution in [0.4, 0.5) is 0 Å². The Balaban J connectivity index is 2.02. The molecular weight excluding hydrogens is 152 g/mol. The molecule has 0 N–H and O–H groups in total. The lowest BCUT2D eigenvalue weighted by Crippen LogP contribution is -2.04. The molecule has 0 aliphatic heterocycles. The Bertz CT molecular complexity index is 123. The van der Waals surface area contributed by atoms with Crippen LogP contribution in [-0.2, 0) is 4.43 Å². The van der Waals surface area contributed by atoms with Crippen LogP contribution in [0.3, 0.4) is 0 Å². The smallest absolute Gasteiger partial charge is 0.161 e. The highest BCUT2D eigenvalue weighted by atomic mass is 28.2. The Morgan fingerprint density at radius 3 is 3.09 bits per heavy atom. The summed E-state index contributed by atoms with van der Waals surface area (Å²) in [5, 5.41) is 0. The van der Waals surface area contributed by atoms with Crippen LogP contribution < -0.4 is 0 Å². The van der Waals surface area contributed by atoms with Gasteiger partial charge in [-0.1, -0.05) is 18.6 Å². The Labute approximate surface area is 71.8 Å². The van der Waals surface area contributed by atoms with Crippen LogP contribution in [0, 0.1) is 5.92 Å². The second kappa shape index (κ2) is 5.55. The minimum Gasteiger partial charge on any atom is -0.427 e. The second-order valence-electron chi connectivity index (χ2n) is 3.29. The van der Waals surface area contributed by atoms with Crippen molar-refractivity contribution in [1.82, 2.24) is 0 Å². The average Bonchev–Trinajstić information content (AvgIpc) is 2.07. The highest BCUT2D eigenvalue weighted by Gasteiger charge is 2.08. The first-order chi connectivity index (χ1) is 5.43. The molecule has 0 aromatic heterocycles. The van der Waals surface area contributed by atoms with E-state index in [0.29, 0.717) is 0 Å². The summed E-state index contributed by atoms with van der Waals surface area (Å²) in [4.78, 5) is 0. The van der Waals surface area contributed by atoms with E-state index in [1.165, 1.54) is 31.7 Å². The van der Waals surface area contributed by atoms with Crippen molar-refractivity contribution in [3.8, 4) is 0 Å². The fourth-order valence-electron chi connectivity index (χ4n) is 1.63. The molecule has 1 aliphatic carbocycles. The van der Waals surface area contributed by atoms with Crippen molar-refractivity contribution in [1.29, 1.82) is 0 Å². The van der Waals surface area contributed by atoms with Crippen molar-refractivity contribution in [2.24, 2.45) is 5.92 Å². The van der Waals surface area contributed by atoms with Crippen LogP contribution >= 0.6 is 0 Å². The van der Waals surface area contributed by atoms with E-state index in [1.54, 1.807) is 0 Å². The van der Waals surface area contributed by atoms with Crippen LogP contribution in [0.1, 0.15) is 25.7 Å². The van der Waals surface area contributed by atoms with Gasteiger partial charge in [-0.25, -0.2) is 0 Å². The van der Waals surface area contributed by atoms with E-state index in [-0.39, 0.29) is 9.76 Å². The van der Waals surface area contributed by atoms with Crippen molar-refractivity contribution in [3.05, 3.63) is 12.2 Å². The molecule has 1 rings (SSSR count). The van der Waals surface area contributed by atoms with E-state index in [9.17, 15) is 0 Å². The third kappa shape index (κ3) is 3.73. The molecule has 1 atom stereocenters. The Morgan fingerprint density at radius 1 is 1.55 bits per heavy atom. The zero-order chi connectivity index (χ0) is 7.94. The fourth-order valence-corrected chi connectivity index (χ4v) is 2.67. The largest absolute Gasteiger partial charge is 0.427 e. The van der Waals surface area contributed by atoms with E-state index >= 15 is 0 Å². The van der Waals surface area contributed by atoms with Gasteiger partial charge in [-0.05, 0) is 31.2 Å². The molecule has 64 valence electrons. The van der Waals surface area contributed by atoms with Crippen LogP contribution in [-0.4, -0.2) is 16.9 Å². The molecule has 2 heteroatoms. The number of allylic oxidation sites excluding steroid dienone is 2. The molecular formula is C9H18OSi. The van der Waals surface area contributed by atoms with E-state index < -0.39 is 0 Å². The molecule has 1 unspecified atom stereocenters. The summed E-state index contributed by atoms with van der Waals surface area (Å²) in [5.74, 6) is 0.975. The maximum atomic E-state index is 5.15. The van der Waals surface area contributed by atoms with Gasteiger partial charge in [0.2, 0.25) is 0 Å². The third-order valence-corrected chi connectivity index (χ3v) is 3.44. The first-order valence-corrected chi connectivity index (χ1v) is 6.15. The standard InChI is InChI=1S/C9H18OSi/c1-10-11-8-7-9-5-3-2-4-6-9/h2-3,9H,4-8,11H2,1H3. The second-order valence-corrected chi connectivity index (χ2v) is 4.98. The maximum absolute atomic E-state index is 5.15. The fraction of sp³-hybridized carbons (Fsp3) is 0.778. The SMILES string of the molecule is CO[SiH2]CCC1CC=CCC1. The topological polar surface area (TPSA) is 9.23 Å². The number of hydrogen-bond donors (Lipinski definition) is 0. The van der Waals surface area contributed by atoms with E-state index in [0.717, 1.165) is 5.92 Å². The van der Waals surface area contributed by atoms with Gasteiger partial charge in [0.1, 0.15) is 0 Å². The highest BCUT2D eigenvalue weighted by molar-refractivity contribution is 6.26.